The first-order valence-corrected chi connectivity index (χ1v) is 10.9. The van der Waals surface area contributed by atoms with Crippen molar-refractivity contribution in [3.8, 4) is 0 Å². The van der Waals surface area contributed by atoms with Crippen LogP contribution in [-0.4, -0.2) is 60.3 Å². The molecule has 31 heavy (non-hydrogen) atoms. The second-order valence-electron chi connectivity index (χ2n) is 8.52. The van der Waals surface area contributed by atoms with E-state index < -0.39 is 0 Å². The van der Waals surface area contributed by atoms with Crippen LogP contribution in [0, 0.1) is 5.92 Å². The van der Waals surface area contributed by atoms with Gasteiger partial charge in [0.1, 0.15) is 5.82 Å². The van der Waals surface area contributed by atoms with E-state index in [0.717, 1.165) is 42.6 Å². The molecule has 2 aromatic rings. The van der Waals surface area contributed by atoms with Gasteiger partial charge in [-0.05, 0) is 51.1 Å². The minimum absolute atomic E-state index is 0.218. The Kier molecular flexibility index (Phi) is 7.94. The molecule has 1 fully saturated rings. The SMILES string of the molecule is CC(CN=CC(=CN)c1cnc2ccc(NC(=O)NC3CCCC3)nc2c1)CN(C)C. The van der Waals surface area contributed by atoms with Gasteiger partial charge in [0.05, 0.1) is 11.0 Å². The number of nitrogens with zero attached hydrogens (tertiary/aromatic N) is 4. The number of pyridine rings is 2. The lowest BCUT2D eigenvalue weighted by molar-refractivity contribution is 0.248. The molecular formula is C23H33N7O. The van der Waals surface area contributed by atoms with E-state index in [-0.39, 0.29) is 12.1 Å². The van der Waals surface area contributed by atoms with Gasteiger partial charge in [0.25, 0.3) is 0 Å². The molecule has 0 saturated heterocycles. The van der Waals surface area contributed by atoms with Gasteiger partial charge in [-0.15, -0.1) is 0 Å². The molecule has 8 heteroatoms. The largest absolute Gasteiger partial charge is 0.404 e. The summed E-state index contributed by atoms with van der Waals surface area (Å²) >= 11 is 0. The Morgan fingerprint density at radius 2 is 2.10 bits per heavy atom. The molecule has 2 heterocycles. The van der Waals surface area contributed by atoms with E-state index >= 15 is 0 Å². The summed E-state index contributed by atoms with van der Waals surface area (Å²) in [6.45, 7) is 3.87. The summed E-state index contributed by atoms with van der Waals surface area (Å²) in [5.41, 5.74) is 8.89. The average Bonchev–Trinajstić information content (AvgIpc) is 3.23. The third-order valence-electron chi connectivity index (χ3n) is 5.31. The molecule has 1 saturated carbocycles. The number of aliphatic imine (C=N–C) groups is 1. The summed E-state index contributed by atoms with van der Waals surface area (Å²) in [5.74, 6) is 0.942. The molecule has 3 rings (SSSR count). The van der Waals surface area contributed by atoms with Gasteiger partial charge in [-0.1, -0.05) is 19.8 Å². The summed E-state index contributed by atoms with van der Waals surface area (Å²) in [4.78, 5) is 28.0. The molecule has 2 amide bonds. The van der Waals surface area contributed by atoms with E-state index in [1.165, 1.54) is 19.0 Å². The van der Waals surface area contributed by atoms with Crippen LogP contribution in [-0.2, 0) is 0 Å². The highest BCUT2D eigenvalue weighted by Gasteiger charge is 2.17. The highest BCUT2D eigenvalue weighted by atomic mass is 16.2. The predicted octanol–water partition coefficient (Wildman–Crippen LogP) is 3.26. The molecule has 4 N–H and O–H groups in total. The highest BCUT2D eigenvalue weighted by Crippen LogP contribution is 2.20. The first-order chi connectivity index (χ1) is 14.9. The van der Waals surface area contributed by atoms with Gasteiger partial charge in [-0.25, -0.2) is 9.78 Å². The van der Waals surface area contributed by atoms with Gasteiger partial charge in [0.15, 0.2) is 0 Å². The van der Waals surface area contributed by atoms with Gasteiger partial charge < -0.3 is 16.0 Å². The third-order valence-corrected chi connectivity index (χ3v) is 5.31. The van der Waals surface area contributed by atoms with E-state index in [1.54, 1.807) is 18.5 Å². The molecule has 0 aromatic carbocycles. The van der Waals surface area contributed by atoms with Crippen LogP contribution in [0.2, 0.25) is 0 Å². The number of aromatic nitrogens is 2. The normalized spacial score (nSPS) is 16.3. The van der Waals surface area contributed by atoms with Gasteiger partial charge in [0.2, 0.25) is 0 Å². The maximum absolute atomic E-state index is 12.2. The van der Waals surface area contributed by atoms with Crippen molar-refractivity contribution in [1.82, 2.24) is 20.2 Å². The molecular weight excluding hydrogens is 390 g/mol. The van der Waals surface area contributed by atoms with E-state index in [1.807, 2.05) is 12.1 Å². The number of fused-ring (bicyclic) bond motifs is 1. The van der Waals surface area contributed by atoms with Gasteiger partial charge in [-0.3, -0.25) is 15.3 Å². The number of hydrogen-bond acceptors (Lipinski definition) is 6. The van der Waals surface area contributed by atoms with Crippen molar-refractivity contribution < 1.29 is 4.79 Å². The molecule has 0 aliphatic heterocycles. The molecule has 1 aliphatic carbocycles. The Hall–Kier alpha value is -3.00. The van der Waals surface area contributed by atoms with Gasteiger partial charge in [0, 0.05) is 48.9 Å². The number of nitrogens with one attached hydrogen (secondary N) is 2. The summed E-state index contributed by atoms with van der Waals surface area (Å²) in [6, 6.07) is 5.56. The zero-order chi connectivity index (χ0) is 22.2. The Balaban J connectivity index is 1.69. The number of anilines is 1. The second-order valence-corrected chi connectivity index (χ2v) is 8.52. The fourth-order valence-corrected chi connectivity index (χ4v) is 3.87. The number of allylic oxidation sites excluding steroid dienone is 1. The molecule has 166 valence electrons. The molecule has 1 atom stereocenters. The lowest BCUT2D eigenvalue weighted by Gasteiger charge is -2.14. The standard InChI is InChI=1S/C23H33N7O/c1-16(15-30(2)3)12-25-13-18(11-24)17-10-21-20(26-14-17)8-9-22(28-21)29-23(31)27-19-6-4-5-7-19/h8-11,13-14,16,19H,4-7,12,15,24H2,1-3H3,(H2,27,28,29,31). The Morgan fingerprint density at radius 3 is 2.81 bits per heavy atom. The van der Waals surface area contributed by atoms with E-state index in [2.05, 4.69) is 51.5 Å². The monoisotopic (exact) mass is 423 g/mol. The molecule has 8 nitrogen and oxygen atoms in total. The fourth-order valence-electron chi connectivity index (χ4n) is 3.87. The van der Waals surface area contributed by atoms with Crippen molar-refractivity contribution in [1.29, 1.82) is 0 Å². The highest BCUT2D eigenvalue weighted by molar-refractivity contribution is 6.10. The number of nitrogens with two attached hydrogens (primary N) is 1. The summed E-state index contributed by atoms with van der Waals surface area (Å²) < 4.78 is 0. The maximum atomic E-state index is 12.2. The lowest BCUT2D eigenvalue weighted by atomic mass is 10.1. The molecule has 2 aromatic heterocycles. The van der Waals surface area contributed by atoms with E-state index in [4.69, 9.17) is 5.73 Å². The molecule has 0 bridgehead atoms. The van der Waals surface area contributed by atoms with Gasteiger partial charge >= 0.3 is 6.03 Å². The van der Waals surface area contributed by atoms with Gasteiger partial charge in [-0.2, -0.15) is 0 Å². The number of amides is 2. The zero-order valence-corrected chi connectivity index (χ0v) is 18.6. The predicted molar refractivity (Wildman–Crippen MR) is 127 cm³/mol. The van der Waals surface area contributed by atoms with Crippen molar-refractivity contribution in [2.75, 3.05) is 32.5 Å². The van der Waals surface area contributed by atoms with Crippen molar-refractivity contribution in [3.63, 3.8) is 0 Å². The van der Waals surface area contributed by atoms with Crippen LogP contribution < -0.4 is 16.4 Å². The van der Waals surface area contributed by atoms with Crippen LogP contribution in [0.25, 0.3) is 16.6 Å². The average molecular weight is 424 g/mol. The lowest BCUT2D eigenvalue weighted by Crippen LogP contribution is -2.36. The first kappa shape index (κ1) is 22.7. The van der Waals surface area contributed by atoms with Crippen LogP contribution in [0.1, 0.15) is 38.2 Å². The number of carbonyl (C=O) groups excluding carboxylic acids is 1. The van der Waals surface area contributed by atoms with E-state index in [0.29, 0.717) is 17.3 Å². The van der Waals surface area contributed by atoms with Crippen LogP contribution in [0.3, 0.4) is 0 Å². The van der Waals surface area contributed by atoms with Crippen LogP contribution in [0.4, 0.5) is 10.6 Å². The van der Waals surface area contributed by atoms with Crippen molar-refractivity contribution >= 4 is 34.7 Å². The van der Waals surface area contributed by atoms with Crippen LogP contribution in [0.5, 0.6) is 0 Å². The van der Waals surface area contributed by atoms with Crippen LogP contribution in [0.15, 0.2) is 35.6 Å². The van der Waals surface area contributed by atoms with Crippen LogP contribution >= 0.6 is 0 Å². The molecule has 1 aliphatic rings. The maximum Gasteiger partial charge on any atom is 0.320 e. The smallest absolute Gasteiger partial charge is 0.320 e. The number of urea groups is 1. The fraction of sp³-hybridized carbons (Fsp3) is 0.478. The number of rotatable bonds is 8. The van der Waals surface area contributed by atoms with Crippen molar-refractivity contribution in [2.24, 2.45) is 16.6 Å². The molecule has 1 unspecified atom stereocenters. The first-order valence-electron chi connectivity index (χ1n) is 10.9. The van der Waals surface area contributed by atoms with Crippen molar-refractivity contribution in [2.45, 2.75) is 38.6 Å². The minimum Gasteiger partial charge on any atom is -0.404 e. The zero-order valence-electron chi connectivity index (χ0n) is 18.6. The summed E-state index contributed by atoms with van der Waals surface area (Å²) in [5, 5.41) is 5.83. The molecule has 0 radical (unpaired) electrons. The Labute approximate surface area is 184 Å². The second kappa shape index (κ2) is 10.9. The quantitative estimate of drug-likeness (QED) is 0.565. The summed E-state index contributed by atoms with van der Waals surface area (Å²) in [7, 11) is 4.11. The third kappa shape index (κ3) is 6.75. The Bertz CT molecular complexity index is 948. The number of hydrogen-bond donors (Lipinski definition) is 3. The minimum atomic E-state index is -0.218. The summed E-state index contributed by atoms with van der Waals surface area (Å²) in [6.07, 6.45) is 9.49. The van der Waals surface area contributed by atoms with Crippen molar-refractivity contribution in [3.05, 3.63) is 36.2 Å². The number of carbonyl (C=O) groups is 1. The van der Waals surface area contributed by atoms with E-state index in [9.17, 15) is 4.79 Å². The topological polar surface area (TPSA) is 109 Å². The Morgan fingerprint density at radius 1 is 1.32 bits per heavy atom. The molecule has 0 spiro atoms.